The summed E-state index contributed by atoms with van der Waals surface area (Å²) in [6.45, 7) is 1.53. The van der Waals surface area contributed by atoms with Crippen LogP contribution in [0.25, 0.3) is 0 Å². The Morgan fingerprint density at radius 1 is 1.44 bits per heavy atom. The van der Waals surface area contributed by atoms with Gasteiger partial charge in [-0.2, -0.15) is 0 Å². The molecule has 0 radical (unpaired) electrons. The van der Waals surface area contributed by atoms with Gasteiger partial charge >= 0.3 is 0 Å². The molecule has 88 valence electrons. The Hall–Kier alpha value is -0.670. The minimum absolute atomic E-state index is 0.275. The molecule has 0 aliphatic carbocycles. The van der Waals surface area contributed by atoms with Crippen molar-refractivity contribution in [3.05, 3.63) is 22.4 Å². The summed E-state index contributed by atoms with van der Waals surface area (Å²) in [6.07, 6.45) is 4.64. The second-order valence-corrected chi connectivity index (χ2v) is 5.32. The normalized spacial score (nSPS) is 17.5. The van der Waals surface area contributed by atoms with E-state index in [0.717, 1.165) is 45.3 Å². The van der Waals surface area contributed by atoms with Gasteiger partial charge in [0.15, 0.2) is 0 Å². The van der Waals surface area contributed by atoms with E-state index in [0.29, 0.717) is 5.78 Å². The van der Waals surface area contributed by atoms with Gasteiger partial charge in [-0.3, -0.25) is 4.79 Å². The molecule has 0 saturated carbocycles. The van der Waals surface area contributed by atoms with Gasteiger partial charge in [-0.25, -0.2) is 0 Å². The van der Waals surface area contributed by atoms with Crippen LogP contribution in [0.5, 0.6) is 0 Å². The molecular weight excluding hydrogens is 220 g/mol. The third-order valence-corrected chi connectivity index (χ3v) is 4.04. The van der Waals surface area contributed by atoms with E-state index >= 15 is 0 Å². The largest absolute Gasteiger partial charge is 0.381 e. The molecule has 0 bridgehead atoms. The summed E-state index contributed by atoms with van der Waals surface area (Å²) >= 11 is 1.78. The van der Waals surface area contributed by atoms with Crippen molar-refractivity contribution in [3.63, 3.8) is 0 Å². The van der Waals surface area contributed by atoms with Gasteiger partial charge < -0.3 is 4.74 Å². The van der Waals surface area contributed by atoms with Crippen molar-refractivity contribution in [3.8, 4) is 0 Å². The first-order valence-corrected chi connectivity index (χ1v) is 6.87. The topological polar surface area (TPSA) is 26.3 Å². The zero-order valence-corrected chi connectivity index (χ0v) is 10.3. The molecule has 1 saturated heterocycles. The van der Waals surface area contributed by atoms with Crippen LogP contribution in [-0.4, -0.2) is 19.0 Å². The molecule has 0 aromatic carbocycles. The van der Waals surface area contributed by atoms with Gasteiger partial charge in [0.2, 0.25) is 0 Å². The van der Waals surface area contributed by atoms with E-state index in [1.165, 1.54) is 4.88 Å². The SMILES string of the molecule is O=C(CCCc1cccs1)C1CCOCC1. The van der Waals surface area contributed by atoms with Gasteiger partial charge in [-0.1, -0.05) is 6.07 Å². The fraction of sp³-hybridized carbons (Fsp3) is 0.615. The van der Waals surface area contributed by atoms with Crippen LogP contribution >= 0.6 is 11.3 Å². The molecule has 2 nitrogen and oxygen atoms in total. The average molecular weight is 238 g/mol. The van der Waals surface area contributed by atoms with E-state index in [2.05, 4.69) is 17.5 Å². The molecule has 2 rings (SSSR count). The fourth-order valence-electron chi connectivity index (χ4n) is 2.12. The standard InChI is InChI=1S/C13H18O2S/c14-13(11-6-8-15-9-7-11)5-1-3-12-4-2-10-16-12/h2,4,10-11H,1,3,5-9H2. The molecule has 0 spiro atoms. The lowest BCUT2D eigenvalue weighted by Gasteiger charge is -2.20. The van der Waals surface area contributed by atoms with E-state index in [4.69, 9.17) is 4.74 Å². The number of ketones is 1. The van der Waals surface area contributed by atoms with Gasteiger partial charge in [0.1, 0.15) is 5.78 Å². The van der Waals surface area contributed by atoms with Crippen molar-refractivity contribution in [1.82, 2.24) is 0 Å². The van der Waals surface area contributed by atoms with Crippen molar-refractivity contribution in [2.24, 2.45) is 5.92 Å². The lowest BCUT2D eigenvalue weighted by Crippen LogP contribution is -2.23. The number of hydrogen-bond acceptors (Lipinski definition) is 3. The molecule has 1 aliphatic rings. The fourth-order valence-corrected chi connectivity index (χ4v) is 2.87. The lowest BCUT2D eigenvalue weighted by atomic mass is 9.92. The van der Waals surface area contributed by atoms with Crippen LogP contribution < -0.4 is 0 Å². The lowest BCUT2D eigenvalue weighted by molar-refractivity contribution is -0.125. The summed E-state index contributed by atoms with van der Waals surface area (Å²) < 4.78 is 5.26. The van der Waals surface area contributed by atoms with E-state index in [1.807, 2.05) is 0 Å². The number of carbonyl (C=O) groups excluding carboxylic acids is 1. The number of carbonyl (C=O) groups is 1. The van der Waals surface area contributed by atoms with Crippen molar-refractivity contribution >= 4 is 17.1 Å². The number of rotatable bonds is 5. The first-order valence-electron chi connectivity index (χ1n) is 5.99. The average Bonchev–Trinajstić information content (AvgIpc) is 2.83. The van der Waals surface area contributed by atoms with E-state index in [-0.39, 0.29) is 5.92 Å². The summed E-state index contributed by atoms with van der Waals surface area (Å²) in [5.41, 5.74) is 0. The Kier molecular flexibility index (Phi) is 4.55. The minimum atomic E-state index is 0.275. The molecule has 1 aliphatic heterocycles. The summed E-state index contributed by atoms with van der Waals surface area (Å²) in [6, 6.07) is 4.21. The maximum Gasteiger partial charge on any atom is 0.136 e. The van der Waals surface area contributed by atoms with Crippen LogP contribution in [0, 0.1) is 5.92 Å². The van der Waals surface area contributed by atoms with Crippen LogP contribution in [0.3, 0.4) is 0 Å². The maximum atomic E-state index is 11.9. The first kappa shape index (κ1) is 11.8. The highest BCUT2D eigenvalue weighted by Gasteiger charge is 2.20. The Bertz CT molecular complexity index is 313. The van der Waals surface area contributed by atoms with Crippen molar-refractivity contribution in [1.29, 1.82) is 0 Å². The summed E-state index contributed by atoms with van der Waals surface area (Å²) in [5.74, 6) is 0.719. The molecule has 0 unspecified atom stereocenters. The quantitative estimate of drug-likeness (QED) is 0.788. The van der Waals surface area contributed by atoms with Crippen LogP contribution in [0.15, 0.2) is 17.5 Å². The molecule has 0 amide bonds. The van der Waals surface area contributed by atoms with Crippen molar-refractivity contribution in [2.75, 3.05) is 13.2 Å². The number of Topliss-reactive ketones (excluding diaryl/α,β-unsaturated/α-hetero) is 1. The molecule has 0 atom stereocenters. The van der Waals surface area contributed by atoms with Gasteiger partial charge in [-0.15, -0.1) is 11.3 Å². The number of aryl methyl sites for hydroxylation is 1. The van der Waals surface area contributed by atoms with E-state index < -0.39 is 0 Å². The summed E-state index contributed by atoms with van der Waals surface area (Å²) in [7, 11) is 0. The van der Waals surface area contributed by atoms with Gasteiger partial charge in [-0.05, 0) is 37.1 Å². The Morgan fingerprint density at radius 2 is 2.25 bits per heavy atom. The molecule has 3 heteroatoms. The third-order valence-electron chi connectivity index (χ3n) is 3.10. The summed E-state index contributed by atoms with van der Waals surface area (Å²) in [4.78, 5) is 13.3. The predicted molar refractivity (Wildman–Crippen MR) is 65.8 cm³/mol. The number of hydrogen-bond donors (Lipinski definition) is 0. The maximum absolute atomic E-state index is 11.9. The van der Waals surface area contributed by atoms with E-state index in [1.54, 1.807) is 11.3 Å². The predicted octanol–water partition coefficient (Wildman–Crippen LogP) is 3.07. The molecule has 1 fully saturated rings. The zero-order chi connectivity index (χ0) is 11.2. The Labute approximate surface area is 101 Å². The Balaban J connectivity index is 1.67. The highest BCUT2D eigenvalue weighted by atomic mass is 32.1. The molecule has 1 aromatic heterocycles. The van der Waals surface area contributed by atoms with Crippen LogP contribution in [0.2, 0.25) is 0 Å². The second-order valence-electron chi connectivity index (χ2n) is 4.29. The highest BCUT2D eigenvalue weighted by Crippen LogP contribution is 2.19. The molecular formula is C13H18O2S. The zero-order valence-electron chi connectivity index (χ0n) is 9.48. The smallest absolute Gasteiger partial charge is 0.136 e. The highest BCUT2D eigenvalue weighted by molar-refractivity contribution is 7.09. The Morgan fingerprint density at radius 3 is 2.94 bits per heavy atom. The van der Waals surface area contributed by atoms with Gasteiger partial charge in [0, 0.05) is 30.4 Å². The second kappa shape index (κ2) is 6.16. The third kappa shape index (κ3) is 3.42. The van der Waals surface area contributed by atoms with Crippen molar-refractivity contribution < 1.29 is 9.53 Å². The van der Waals surface area contributed by atoms with Crippen molar-refractivity contribution in [2.45, 2.75) is 32.1 Å². The molecule has 16 heavy (non-hydrogen) atoms. The first-order chi connectivity index (χ1) is 7.86. The van der Waals surface area contributed by atoms with Crippen LogP contribution in [0.4, 0.5) is 0 Å². The van der Waals surface area contributed by atoms with Crippen LogP contribution in [-0.2, 0) is 16.0 Å². The van der Waals surface area contributed by atoms with E-state index in [9.17, 15) is 4.79 Å². The molecule has 2 heterocycles. The summed E-state index contributed by atoms with van der Waals surface area (Å²) in [5, 5.41) is 2.09. The molecule has 0 N–H and O–H groups in total. The van der Waals surface area contributed by atoms with Gasteiger partial charge in [0.25, 0.3) is 0 Å². The monoisotopic (exact) mass is 238 g/mol. The van der Waals surface area contributed by atoms with Gasteiger partial charge in [0.05, 0.1) is 0 Å². The van der Waals surface area contributed by atoms with Crippen LogP contribution in [0.1, 0.15) is 30.6 Å². The number of ether oxygens (including phenoxy) is 1. The molecule has 1 aromatic rings. The number of thiophene rings is 1. The minimum Gasteiger partial charge on any atom is -0.381 e.